The van der Waals surface area contributed by atoms with E-state index in [0.29, 0.717) is 17.9 Å². The Hall–Kier alpha value is -2.82. The van der Waals surface area contributed by atoms with Crippen LogP contribution >= 0.6 is 0 Å². The molecule has 0 aromatic heterocycles. The van der Waals surface area contributed by atoms with Gasteiger partial charge in [0.05, 0.1) is 18.2 Å². The van der Waals surface area contributed by atoms with E-state index in [2.05, 4.69) is 5.32 Å². The first kappa shape index (κ1) is 18.0. The largest absolute Gasteiger partial charge is 0.489 e. The first-order valence-electron chi connectivity index (χ1n) is 8.98. The number of ether oxygens (including phenoxy) is 1. The van der Waals surface area contributed by atoms with E-state index in [0.717, 1.165) is 24.2 Å². The Morgan fingerprint density at radius 1 is 1.15 bits per heavy atom. The molecule has 0 radical (unpaired) electrons. The van der Waals surface area contributed by atoms with E-state index in [1.807, 2.05) is 62.4 Å². The van der Waals surface area contributed by atoms with E-state index < -0.39 is 0 Å². The number of amides is 2. The van der Waals surface area contributed by atoms with Crippen molar-refractivity contribution in [1.29, 1.82) is 0 Å². The average molecular weight is 352 g/mol. The lowest BCUT2D eigenvalue weighted by molar-refractivity contribution is -0.117. The van der Waals surface area contributed by atoms with E-state index in [1.165, 1.54) is 0 Å². The fraction of sp³-hybridized carbons (Fsp3) is 0.333. The van der Waals surface area contributed by atoms with Gasteiger partial charge < -0.3 is 15.0 Å². The monoisotopic (exact) mass is 352 g/mol. The molecule has 0 atom stereocenters. The molecule has 5 heteroatoms. The Kier molecular flexibility index (Phi) is 5.56. The van der Waals surface area contributed by atoms with Crippen molar-refractivity contribution in [2.45, 2.75) is 39.2 Å². The summed E-state index contributed by atoms with van der Waals surface area (Å²) in [6.07, 6.45) is 1.82. The van der Waals surface area contributed by atoms with Gasteiger partial charge in [-0.3, -0.25) is 9.59 Å². The second-order valence-corrected chi connectivity index (χ2v) is 6.70. The van der Waals surface area contributed by atoms with E-state index in [9.17, 15) is 9.59 Å². The van der Waals surface area contributed by atoms with E-state index in [-0.39, 0.29) is 24.3 Å². The molecule has 136 valence electrons. The minimum Gasteiger partial charge on any atom is -0.489 e. The summed E-state index contributed by atoms with van der Waals surface area (Å²) in [5, 5.41) is 2.91. The summed E-state index contributed by atoms with van der Waals surface area (Å²) in [4.78, 5) is 26.0. The number of benzene rings is 2. The molecule has 1 heterocycles. The van der Waals surface area contributed by atoms with Crippen LogP contribution in [-0.2, 0) is 16.0 Å². The van der Waals surface area contributed by atoms with Gasteiger partial charge in [-0.05, 0) is 50.1 Å². The highest BCUT2D eigenvalue weighted by atomic mass is 16.5. The zero-order valence-corrected chi connectivity index (χ0v) is 15.2. The van der Waals surface area contributed by atoms with Crippen LogP contribution in [0.15, 0.2) is 48.5 Å². The molecule has 0 aliphatic carbocycles. The zero-order chi connectivity index (χ0) is 18.5. The van der Waals surface area contributed by atoms with Crippen molar-refractivity contribution < 1.29 is 14.3 Å². The minimum atomic E-state index is -0.102. The van der Waals surface area contributed by atoms with E-state index >= 15 is 0 Å². The van der Waals surface area contributed by atoms with Crippen LogP contribution in [0.25, 0.3) is 0 Å². The van der Waals surface area contributed by atoms with Crippen LogP contribution in [0.4, 0.5) is 11.4 Å². The Morgan fingerprint density at radius 2 is 1.88 bits per heavy atom. The summed E-state index contributed by atoms with van der Waals surface area (Å²) < 4.78 is 5.73. The third kappa shape index (κ3) is 4.42. The Morgan fingerprint density at radius 3 is 2.54 bits per heavy atom. The second-order valence-electron chi connectivity index (χ2n) is 6.70. The summed E-state index contributed by atoms with van der Waals surface area (Å²) in [7, 11) is 0. The Bertz CT molecular complexity index is 784. The normalized spacial score (nSPS) is 14.0. The van der Waals surface area contributed by atoms with Gasteiger partial charge in [-0.1, -0.05) is 24.3 Å². The molecule has 1 fully saturated rings. The first-order chi connectivity index (χ1) is 12.5. The van der Waals surface area contributed by atoms with Gasteiger partial charge in [-0.15, -0.1) is 0 Å². The molecule has 2 amide bonds. The Balaban J connectivity index is 1.63. The van der Waals surface area contributed by atoms with Crippen molar-refractivity contribution in [3.63, 3.8) is 0 Å². The average Bonchev–Trinajstić information content (AvgIpc) is 3.03. The molecule has 1 saturated heterocycles. The van der Waals surface area contributed by atoms with Crippen molar-refractivity contribution in [3.05, 3.63) is 54.1 Å². The minimum absolute atomic E-state index is 0.0360. The SMILES string of the molecule is CC(C)Oc1ccccc1NC(=O)Cc1ccc(N2CCCC2=O)cc1. The maximum Gasteiger partial charge on any atom is 0.228 e. The lowest BCUT2D eigenvalue weighted by Gasteiger charge is -2.16. The molecule has 1 aliphatic heterocycles. The van der Waals surface area contributed by atoms with Crippen LogP contribution in [-0.4, -0.2) is 24.5 Å². The van der Waals surface area contributed by atoms with Gasteiger partial charge in [-0.2, -0.15) is 0 Å². The second kappa shape index (κ2) is 8.04. The third-order valence-electron chi connectivity index (χ3n) is 4.21. The molecule has 0 unspecified atom stereocenters. The van der Waals surface area contributed by atoms with Gasteiger partial charge in [0.2, 0.25) is 11.8 Å². The molecule has 1 N–H and O–H groups in total. The number of hydrogen-bond acceptors (Lipinski definition) is 3. The van der Waals surface area contributed by atoms with Gasteiger partial charge in [0.1, 0.15) is 5.75 Å². The maximum absolute atomic E-state index is 12.4. The van der Waals surface area contributed by atoms with Crippen LogP contribution in [0.5, 0.6) is 5.75 Å². The van der Waals surface area contributed by atoms with Gasteiger partial charge in [-0.25, -0.2) is 0 Å². The topological polar surface area (TPSA) is 58.6 Å². The number of para-hydroxylation sites is 2. The van der Waals surface area contributed by atoms with Crippen LogP contribution in [0, 0.1) is 0 Å². The summed E-state index contributed by atoms with van der Waals surface area (Å²) in [5.41, 5.74) is 2.47. The predicted molar refractivity (Wildman–Crippen MR) is 103 cm³/mol. The van der Waals surface area contributed by atoms with Crippen molar-refractivity contribution >= 4 is 23.2 Å². The lowest BCUT2D eigenvalue weighted by Crippen LogP contribution is -2.23. The van der Waals surface area contributed by atoms with Crippen molar-refractivity contribution in [2.75, 3.05) is 16.8 Å². The number of carbonyl (C=O) groups is 2. The Labute approximate surface area is 154 Å². The molecule has 1 aliphatic rings. The number of rotatable bonds is 6. The number of hydrogen-bond donors (Lipinski definition) is 1. The summed E-state index contributed by atoms with van der Waals surface area (Å²) >= 11 is 0. The molecule has 0 saturated carbocycles. The summed E-state index contributed by atoms with van der Waals surface area (Å²) in [6.45, 7) is 4.67. The number of nitrogens with zero attached hydrogens (tertiary/aromatic N) is 1. The molecule has 5 nitrogen and oxygen atoms in total. The fourth-order valence-electron chi connectivity index (χ4n) is 3.02. The van der Waals surface area contributed by atoms with Crippen molar-refractivity contribution in [2.24, 2.45) is 0 Å². The molecular formula is C21H24N2O3. The van der Waals surface area contributed by atoms with E-state index in [4.69, 9.17) is 4.74 Å². The predicted octanol–water partition coefficient (Wildman–Crippen LogP) is 3.78. The van der Waals surface area contributed by atoms with Gasteiger partial charge in [0.25, 0.3) is 0 Å². The van der Waals surface area contributed by atoms with Gasteiger partial charge >= 0.3 is 0 Å². The number of carbonyl (C=O) groups excluding carboxylic acids is 2. The van der Waals surface area contributed by atoms with Crippen LogP contribution in [0.3, 0.4) is 0 Å². The maximum atomic E-state index is 12.4. The van der Waals surface area contributed by atoms with Crippen LogP contribution in [0.2, 0.25) is 0 Å². The van der Waals surface area contributed by atoms with Crippen molar-refractivity contribution in [1.82, 2.24) is 0 Å². The third-order valence-corrected chi connectivity index (χ3v) is 4.21. The smallest absolute Gasteiger partial charge is 0.228 e. The standard InChI is InChI=1S/C21H24N2O3/c1-15(2)26-19-7-4-3-6-18(19)22-20(24)14-16-9-11-17(12-10-16)23-13-5-8-21(23)25/h3-4,6-7,9-12,15H,5,8,13-14H2,1-2H3,(H,22,24). The molecule has 0 spiro atoms. The zero-order valence-electron chi connectivity index (χ0n) is 15.2. The van der Waals surface area contributed by atoms with Crippen molar-refractivity contribution in [3.8, 4) is 5.75 Å². The molecular weight excluding hydrogens is 328 g/mol. The molecule has 2 aromatic rings. The first-order valence-corrected chi connectivity index (χ1v) is 8.98. The fourth-order valence-corrected chi connectivity index (χ4v) is 3.02. The summed E-state index contributed by atoms with van der Waals surface area (Å²) in [5.74, 6) is 0.728. The quantitative estimate of drug-likeness (QED) is 0.861. The van der Waals surface area contributed by atoms with Gasteiger partial charge in [0, 0.05) is 18.7 Å². The molecule has 26 heavy (non-hydrogen) atoms. The van der Waals surface area contributed by atoms with E-state index in [1.54, 1.807) is 4.90 Å². The summed E-state index contributed by atoms with van der Waals surface area (Å²) in [6, 6.07) is 15.0. The van der Waals surface area contributed by atoms with Crippen LogP contribution < -0.4 is 15.0 Å². The highest BCUT2D eigenvalue weighted by Gasteiger charge is 2.21. The number of anilines is 2. The molecule has 0 bridgehead atoms. The molecule has 3 rings (SSSR count). The highest BCUT2D eigenvalue weighted by molar-refractivity contribution is 5.96. The van der Waals surface area contributed by atoms with Gasteiger partial charge in [0.15, 0.2) is 0 Å². The number of nitrogens with one attached hydrogen (secondary N) is 1. The molecule has 2 aromatic carbocycles. The van der Waals surface area contributed by atoms with Crippen LogP contribution in [0.1, 0.15) is 32.3 Å². The lowest BCUT2D eigenvalue weighted by atomic mass is 10.1. The highest BCUT2D eigenvalue weighted by Crippen LogP contribution is 2.25.